The number of hydrogen-bond donors (Lipinski definition) is 2. The highest BCUT2D eigenvalue weighted by Crippen LogP contribution is 2.35. The molecule has 9 heteroatoms. The summed E-state index contributed by atoms with van der Waals surface area (Å²) in [4.78, 5) is 42.7. The number of allylic oxidation sites excluding steroid dienone is 16. The van der Waals surface area contributed by atoms with Crippen LogP contribution >= 0.6 is 7.82 Å². The summed E-state index contributed by atoms with van der Waals surface area (Å²) < 4.78 is 26.2. The van der Waals surface area contributed by atoms with E-state index in [1.165, 1.54) is 44.9 Å². The second kappa shape index (κ2) is 37.7. The topological polar surface area (TPSA) is 119 Å². The van der Waals surface area contributed by atoms with Crippen LogP contribution in [0.4, 0.5) is 0 Å². The summed E-state index contributed by atoms with van der Waals surface area (Å²) in [6, 6.07) is 0. The number of esters is 2. The molecule has 0 aliphatic rings. The zero-order valence-corrected chi connectivity index (χ0v) is 33.1. The van der Waals surface area contributed by atoms with Gasteiger partial charge >= 0.3 is 19.8 Å². The Labute approximate surface area is 315 Å². The van der Waals surface area contributed by atoms with Gasteiger partial charge in [0.25, 0.3) is 0 Å². The van der Waals surface area contributed by atoms with Gasteiger partial charge in [-0.25, -0.2) is 4.57 Å². The quantitative estimate of drug-likeness (QED) is 0.0289. The first-order chi connectivity index (χ1) is 25.3. The summed E-state index contributed by atoms with van der Waals surface area (Å²) in [5.74, 6) is -1.03. The minimum atomic E-state index is -4.79. The van der Waals surface area contributed by atoms with Gasteiger partial charge in [0.15, 0.2) is 6.10 Å². The predicted molar refractivity (Wildman–Crippen MR) is 216 cm³/mol. The fourth-order valence-electron chi connectivity index (χ4n) is 4.65. The summed E-state index contributed by atoms with van der Waals surface area (Å²) >= 11 is 0. The van der Waals surface area contributed by atoms with Crippen LogP contribution in [0.3, 0.4) is 0 Å². The van der Waals surface area contributed by atoms with Gasteiger partial charge in [-0.1, -0.05) is 137 Å². The zero-order chi connectivity index (χ0) is 38.2. The van der Waals surface area contributed by atoms with Gasteiger partial charge < -0.3 is 19.3 Å². The van der Waals surface area contributed by atoms with E-state index < -0.39 is 32.5 Å². The minimum Gasteiger partial charge on any atom is -0.462 e. The Bertz CT molecular complexity index is 1160. The first kappa shape index (κ1) is 49.0. The van der Waals surface area contributed by atoms with E-state index in [0.717, 1.165) is 44.9 Å². The Hall–Kier alpha value is -3.03. The molecule has 8 nitrogen and oxygen atoms in total. The molecule has 0 rings (SSSR count). The van der Waals surface area contributed by atoms with E-state index >= 15 is 0 Å². The first-order valence-corrected chi connectivity index (χ1v) is 21.1. The number of phosphoric ester groups is 1. The van der Waals surface area contributed by atoms with Gasteiger partial charge in [0.2, 0.25) is 0 Å². The Morgan fingerprint density at radius 1 is 0.500 bits per heavy atom. The molecule has 52 heavy (non-hydrogen) atoms. The Kier molecular flexibility index (Phi) is 35.5. The largest absolute Gasteiger partial charge is 0.469 e. The second-order valence-corrected chi connectivity index (χ2v) is 13.8. The summed E-state index contributed by atoms with van der Waals surface area (Å²) in [7, 11) is -4.79. The predicted octanol–water partition coefficient (Wildman–Crippen LogP) is 11.8. The van der Waals surface area contributed by atoms with E-state index in [2.05, 4.69) is 97.4 Å². The van der Waals surface area contributed by atoms with E-state index in [9.17, 15) is 14.2 Å². The lowest BCUT2D eigenvalue weighted by molar-refractivity contribution is -0.161. The lowest BCUT2D eigenvalue weighted by atomic mass is 10.2. The lowest BCUT2D eigenvalue weighted by Crippen LogP contribution is -2.29. The molecule has 0 heterocycles. The van der Waals surface area contributed by atoms with Crippen LogP contribution in [0.2, 0.25) is 0 Å². The SMILES string of the molecule is CCCCC/C=C/C/C=C/C/C=C/C/C=C/CCCC(=O)OC[C@H](COP(=O)(O)O)OC(=O)CCC/C=C/C/C=C/C/C=C/C/C=C/CCCCC. The second-order valence-electron chi connectivity index (χ2n) is 12.5. The molecule has 0 aliphatic carbocycles. The highest BCUT2D eigenvalue weighted by molar-refractivity contribution is 7.46. The molecule has 0 saturated carbocycles. The third kappa shape index (κ3) is 39.8. The average Bonchev–Trinajstić information content (AvgIpc) is 3.11. The van der Waals surface area contributed by atoms with E-state index in [1.807, 2.05) is 18.2 Å². The van der Waals surface area contributed by atoms with Gasteiger partial charge in [-0.3, -0.25) is 14.1 Å². The van der Waals surface area contributed by atoms with Gasteiger partial charge in [0.05, 0.1) is 6.61 Å². The molecule has 0 saturated heterocycles. The molecule has 0 aliphatic heterocycles. The van der Waals surface area contributed by atoms with Crippen molar-refractivity contribution in [1.29, 1.82) is 0 Å². The third-order valence-electron chi connectivity index (χ3n) is 7.58. The summed E-state index contributed by atoms with van der Waals surface area (Å²) in [6.07, 6.45) is 51.4. The van der Waals surface area contributed by atoms with Crippen molar-refractivity contribution in [2.45, 2.75) is 148 Å². The number of phosphoric acid groups is 1. The molecule has 0 spiro atoms. The highest BCUT2D eigenvalue weighted by atomic mass is 31.2. The maximum atomic E-state index is 12.4. The Morgan fingerprint density at radius 3 is 1.21 bits per heavy atom. The van der Waals surface area contributed by atoms with Crippen molar-refractivity contribution in [2.24, 2.45) is 0 Å². The molecule has 294 valence electrons. The van der Waals surface area contributed by atoms with Gasteiger partial charge in [0, 0.05) is 12.8 Å². The van der Waals surface area contributed by atoms with Crippen LogP contribution in [0.1, 0.15) is 142 Å². The van der Waals surface area contributed by atoms with Crippen LogP contribution in [0, 0.1) is 0 Å². The third-order valence-corrected chi connectivity index (χ3v) is 8.06. The van der Waals surface area contributed by atoms with Crippen LogP contribution < -0.4 is 0 Å². The minimum absolute atomic E-state index is 0.119. The molecule has 1 atom stereocenters. The zero-order valence-electron chi connectivity index (χ0n) is 32.2. The molecule has 0 aromatic carbocycles. The molecule has 0 aromatic rings. The first-order valence-electron chi connectivity index (χ1n) is 19.5. The van der Waals surface area contributed by atoms with Crippen LogP contribution in [-0.2, 0) is 28.2 Å². The van der Waals surface area contributed by atoms with E-state index in [0.29, 0.717) is 25.7 Å². The molecule has 0 bridgehead atoms. The number of rotatable bonds is 34. The van der Waals surface area contributed by atoms with Crippen LogP contribution in [-0.4, -0.2) is 41.0 Å². The number of hydrogen-bond acceptors (Lipinski definition) is 6. The Balaban J connectivity index is 4.18. The average molecular weight is 745 g/mol. The molecule has 2 N–H and O–H groups in total. The van der Waals surface area contributed by atoms with E-state index in [1.54, 1.807) is 0 Å². The number of carbonyl (C=O) groups is 2. The van der Waals surface area contributed by atoms with Crippen molar-refractivity contribution in [2.75, 3.05) is 13.2 Å². The number of ether oxygens (including phenoxy) is 2. The summed E-state index contributed by atoms with van der Waals surface area (Å²) in [5, 5.41) is 0. The number of carbonyl (C=O) groups excluding carboxylic acids is 2. The smallest absolute Gasteiger partial charge is 0.462 e. The van der Waals surface area contributed by atoms with E-state index in [4.69, 9.17) is 19.3 Å². The van der Waals surface area contributed by atoms with Crippen molar-refractivity contribution in [3.8, 4) is 0 Å². The molecular formula is C43H69O8P. The summed E-state index contributed by atoms with van der Waals surface area (Å²) in [5.41, 5.74) is 0. The maximum absolute atomic E-state index is 12.4. The van der Waals surface area contributed by atoms with Gasteiger partial charge in [-0.05, 0) is 89.9 Å². The normalized spacial score (nSPS) is 13.5. The molecular weight excluding hydrogens is 675 g/mol. The van der Waals surface area contributed by atoms with Gasteiger partial charge in [0.1, 0.15) is 6.61 Å². The summed E-state index contributed by atoms with van der Waals surface area (Å²) in [6.45, 7) is 3.51. The molecule has 0 radical (unpaired) electrons. The monoisotopic (exact) mass is 744 g/mol. The standard InChI is InChI=1S/C43H69O8P/c1-3-5-7-9-11-13-15-17-19-21-23-25-27-29-31-33-35-37-42(44)49-39-41(40-50-52(46,47)48)51-43(45)38-36-34-32-30-28-26-24-22-20-18-16-14-12-10-8-6-4-2/h11-14,17-20,23-26,29-32,41H,3-10,15-16,21-22,27-28,33-40H2,1-2H3,(H2,46,47,48)/b13-11+,14-12+,19-17+,20-18+,25-23+,26-24+,31-29+,32-30+/t41-/m1/s1. The van der Waals surface area contributed by atoms with Crippen LogP contribution in [0.5, 0.6) is 0 Å². The van der Waals surface area contributed by atoms with Gasteiger partial charge in [-0.15, -0.1) is 0 Å². The lowest BCUT2D eigenvalue weighted by Gasteiger charge is -2.18. The van der Waals surface area contributed by atoms with Crippen LogP contribution in [0.25, 0.3) is 0 Å². The fraction of sp³-hybridized carbons (Fsp3) is 0.581. The van der Waals surface area contributed by atoms with Crippen LogP contribution in [0.15, 0.2) is 97.2 Å². The highest BCUT2D eigenvalue weighted by Gasteiger charge is 2.22. The molecule has 0 fully saturated rings. The number of unbranched alkanes of at least 4 members (excludes halogenated alkanes) is 8. The van der Waals surface area contributed by atoms with Crippen molar-refractivity contribution in [3.63, 3.8) is 0 Å². The molecule has 0 unspecified atom stereocenters. The van der Waals surface area contributed by atoms with Crippen molar-refractivity contribution in [3.05, 3.63) is 97.2 Å². The van der Waals surface area contributed by atoms with Crippen molar-refractivity contribution < 1.29 is 37.9 Å². The van der Waals surface area contributed by atoms with Crippen molar-refractivity contribution >= 4 is 19.8 Å². The Morgan fingerprint density at radius 2 is 0.846 bits per heavy atom. The fourth-order valence-corrected chi connectivity index (χ4v) is 5.01. The van der Waals surface area contributed by atoms with Crippen molar-refractivity contribution in [1.82, 2.24) is 0 Å². The molecule has 0 aromatic heterocycles. The van der Waals surface area contributed by atoms with Gasteiger partial charge in [-0.2, -0.15) is 0 Å². The maximum Gasteiger partial charge on any atom is 0.469 e. The van der Waals surface area contributed by atoms with E-state index in [-0.39, 0.29) is 19.4 Å². The molecule has 0 amide bonds.